The smallest absolute Gasteiger partial charge is 0.238 e. The lowest BCUT2D eigenvalue weighted by Crippen LogP contribution is -2.13. The van der Waals surface area contributed by atoms with Gasteiger partial charge in [-0.25, -0.2) is 13.6 Å². The number of primary sulfonamides is 1. The zero-order valence-corrected chi connectivity index (χ0v) is 14.3. The second-order valence-electron chi connectivity index (χ2n) is 4.96. The van der Waals surface area contributed by atoms with Crippen molar-refractivity contribution in [2.75, 3.05) is 5.32 Å². The van der Waals surface area contributed by atoms with E-state index in [1.165, 1.54) is 6.07 Å². The van der Waals surface area contributed by atoms with E-state index in [4.69, 9.17) is 5.14 Å². The number of anilines is 1. The molecule has 0 aliphatic heterocycles. The van der Waals surface area contributed by atoms with Gasteiger partial charge in [-0.1, -0.05) is 34.1 Å². The SMILES string of the molecule is Cc1cc(CNc2cc(S(N)(=O)=O)ccc2C)ccc1Br. The standard InChI is InChI=1S/C15H17BrN2O2S/c1-10-3-5-13(21(17,19)20)8-15(10)18-9-12-4-6-14(16)11(2)7-12/h3-8,18H,9H2,1-2H3,(H2,17,19,20). The molecule has 0 amide bonds. The third-order valence-corrected chi connectivity index (χ3v) is 5.04. The molecule has 0 radical (unpaired) electrons. The maximum absolute atomic E-state index is 11.4. The Morgan fingerprint density at radius 2 is 1.81 bits per heavy atom. The van der Waals surface area contributed by atoms with Crippen LogP contribution in [0.5, 0.6) is 0 Å². The van der Waals surface area contributed by atoms with Gasteiger partial charge in [-0.2, -0.15) is 0 Å². The largest absolute Gasteiger partial charge is 0.381 e. The molecule has 0 aliphatic carbocycles. The van der Waals surface area contributed by atoms with Crippen LogP contribution in [0.1, 0.15) is 16.7 Å². The van der Waals surface area contributed by atoms with E-state index in [0.29, 0.717) is 6.54 Å². The highest BCUT2D eigenvalue weighted by molar-refractivity contribution is 9.10. The van der Waals surface area contributed by atoms with Crippen molar-refractivity contribution in [2.24, 2.45) is 5.14 Å². The van der Waals surface area contributed by atoms with Gasteiger partial charge in [-0.3, -0.25) is 0 Å². The first-order chi connectivity index (χ1) is 9.77. The van der Waals surface area contributed by atoms with Gasteiger partial charge in [-0.05, 0) is 48.7 Å². The molecule has 2 rings (SSSR count). The van der Waals surface area contributed by atoms with Crippen molar-refractivity contribution < 1.29 is 8.42 Å². The van der Waals surface area contributed by atoms with E-state index < -0.39 is 10.0 Å². The number of hydrogen-bond acceptors (Lipinski definition) is 3. The molecule has 3 N–H and O–H groups in total. The van der Waals surface area contributed by atoms with Gasteiger partial charge in [0, 0.05) is 16.7 Å². The van der Waals surface area contributed by atoms with Crippen LogP contribution >= 0.6 is 15.9 Å². The van der Waals surface area contributed by atoms with Crippen molar-refractivity contribution in [3.63, 3.8) is 0 Å². The summed E-state index contributed by atoms with van der Waals surface area (Å²) >= 11 is 3.47. The maximum Gasteiger partial charge on any atom is 0.238 e. The van der Waals surface area contributed by atoms with Crippen molar-refractivity contribution in [3.05, 3.63) is 57.6 Å². The monoisotopic (exact) mass is 368 g/mol. The van der Waals surface area contributed by atoms with Crippen molar-refractivity contribution >= 4 is 31.6 Å². The number of nitrogens with two attached hydrogens (primary N) is 1. The number of nitrogens with one attached hydrogen (secondary N) is 1. The number of benzene rings is 2. The van der Waals surface area contributed by atoms with Crippen LogP contribution in [0.15, 0.2) is 45.8 Å². The number of halogens is 1. The summed E-state index contributed by atoms with van der Waals surface area (Å²) in [6.45, 7) is 4.56. The predicted octanol–water partition coefficient (Wildman–Crippen LogP) is 3.33. The third kappa shape index (κ3) is 4.06. The summed E-state index contributed by atoms with van der Waals surface area (Å²) in [6.07, 6.45) is 0. The molecule has 0 heterocycles. The lowest BCUT2D eigenvalue weighted by atomic mass is 10.1. The van der Waals surface area contributed by atoms with Crippen LogP contribution in [0.4, 0.5) is 5.69 Å². The number of aryl methyl sites for hydroxylation is 2. The molecule has 0 aliphatic rings. The van der Waals surface area contributed by atoms with Gasteiger partial charge in [0.15, 0.2) is 0 Å². The van der Waals surface area contributed by atoms with Crippen LogP contribution in [0.25, 0.3) is 0 Å². The van der Waals surface area contributed by atoms with Gasteiger partial charge < -0.3 is 5.32 Å². The minimum atomic E-state index is -3.68. The second-order valence-corrected chi connectivity index (χ2v) is 7.37. The van der Waals surface area contributed by atoms with Crippen molar-refractivity contribution in [2.45, 2.75) is 25.3 Å². The van der Waals surface area contributed by atoms with Gasteiger partial charge in [0.25, 0.3) is 0 Å². The lowest BCUT2D eigenvalue weighted by molar-refractivity contribution is 0.598. The zero-order chi connectivity index (χ0) is 15.6. The van der Waals surface area contributed by atoms with Gasteiger partial charge >= 0.3 is 0 Å². The molecule has 0 spiro atoms. The maximum atomic E-state index is 11.4. The average Bonchev–Trinajstić information content (AvgIpc) is 2.40. The molecule has 112 valence electrons. The third-order valence-electron chi connectivity index (χ3n) is 3.24. The van der Waals surface area contributed by atoms with E-state index in [2.05, 4.69) is 27.3 Å². The van der Waals surface area contributed by atoms with Gasteiger partial charge in [0.2, 0.25) is 10.0 Å². The molecule has 6 heteroatoms. The summed E-state index contributed by atoms with van der Waals surface area (Å²) in [6, 6.07) is 10.9. The number of hydrogen-bond donors (Lipinski definition) is 2. The molecule has 0 fully saturated rings. The first-order valence-corrected chi connectivity index (χ1v) is 8.73. The van der Waals surface area contributed by atoms with Crippen molar-refractivity contribution in [1.82, 2.24) is 0 Å². The van der Waals surface area contributed by atoms with Crippen LogP contribution < -0.4 is 10.5 Å². The predicted molar refractivity (Wildman–Crippen MR) is 88.8 cm³/mol. The molecule has 0 bridgehead atoms. The van der Waals surface area contributed by atoms with Crippen molar-refractivity contribution in [3.8, 4) is 0 Å². The fourth-order valence-corrected chi connectivity index (χ4v) is 2.77. The Morgan fingerprint density at radius 1 is 1.10 bits per heavy atom. The molecule has 2 aromatic rings. The highest BCUT2D eigenvalue weighted by atomic mass is 79.9. The molecular formula is C15H17BrN2O2S. The second kappa shape index (κ2) is 6.17. The minimum Gasteiger partial charge on any atom is -0.381 e. The Bertz CT molecular complexity index is 773. The molecule has 2 aromatic carbocycles. The Kier molecular flexibility index (Phi) is 4.70. The molecular weight excluding hydrogens is 352 g/mol. The van der Waals surface area contributed by atoms with E-state index in [-0.39, 0.29) is 4.90 Å². The van der Waals surface area contributed by atoms with E-state index in [1.807, 2.05) is 26.0 Å². The van der Waals surface area contributed by atoms with Crippen molar-refractivity contribution in [1.29, 1.82) is 0 Å². The van der Waals surface area contributed by atoms with Crippen LogP contribution in [-0.4, -0.2) is 8.42 Å². The Labute approximate surface area is 133 Å². The number of sulfonamides is 1. The summed E-state index contributed by atoms with van der Waals surface area (Å²) in [4.78, 5) is 0.114. The number of rotatable bonds is 4. The fourth-order valence-electron chi connectivity index (χ4n) is 1.98. The first kappa shape index (κ1) is 16.0. The Hall–Kier alpha value is -1.37. The van der Waals surface area contributed by atoms with Crippen LogP contribution in [-0.2, 0) is 16.6 Å². The molecule has 0 aromatic heterocycles. The molecule has 0 unspecified atom stereocenters. The van der Waals surface area contributed by atoms with E-state index in [1.54, 1.807) is 12.1 Å². The van der Waals surface area contributed by atoms with Gasteiger partial charge in [-0.15, -0.1) is 0 Å². The highest BCUT2D eigenvalue weighted by Gasteiger charge is 2.10. The van der Waals surface area contributed by atoms with Gasteiger partial charge in [0.1, 0.15) is 0 Å². The summed E-state index contributed by atoms with van der Waals surface area (Å²) in [7, 11) is -3.68. The molecule has 0 saturated heterocycles. The Morgan fingerprint density at radius 3 is 2.43 bits per heavy atom. The van der Waals surface area contributed by atoms with E-state index in [9.17, 15) is 8.42 Å². The van der Waals surface area contributed by atoms with Crippen LogP contribution in [0.2, 0.25) is 0 Å². The topological polar surface area (TPSA) is 72.2 Å². The van der Waals surface area contributed by atoms with Gasteiger partial charge in [0.05, 0.1) is 4.90 Å². The summed E-state index contributed by atoms with van der Waals surface area (Å²) in [5, 5.41) is 8.41. The molecule has 21 heavy (non-hydrogen) atoms. The first-order valence-electron chi connectivity index (χ1n) is 6.40. The average molecular weight is 369 g/mol. The van der Waals surface area contributed by atoms with Crippen LogP contribution in [0.3, 0.4) is 0 Å². The Balaban J connectivity index is 2.21. The van der Waals surface area contributed by atoms with E-state index in [0.717, 1.165) is 26.9 Å². The lowest BCUT2D eigenvalue weighted by Gasteiger charge is -2.12. The normalized spacial score (nSPS) is 11.4. The molecule has 0 saturated carbocycles. The van der Waals surface area contributed by atoms with Crippen LogP contribution in [0, 0.1) is 13.8 Å². The molecule has 0 atom stereocenters. The summed E-state index contributed by atoms with van der Waals surface area (Å²) < 4.78 is 23.9. The van der Waals surface area contributed by atoms with E-state index >= 15 is 0 Å². The quantitative estimate of drug-likeness (QED) is 0.869. The zero-order valence-electron chi connectivity index (χ0n) is 11.9. The summed E-state index contributed by atoms with van der Waals surface area (Å²) in [5.41, 5.74) is 4.01. The molecule has 4 nitrogen and oxygen atoms in total. The summed E-state index contributed by atoms with van der Waals surface area (Å²) in [5.74, 6) is 0. The minimum absolute atomic E-state index is 0.114. The highest BCUT2D eigenvalue weighted by Crippen LogP contribution is 2.21. The fraction of sp³-hybridized carbons (Fsp3) is 0.200.